The molecule has 0 bridgehead atoms. The number of aryl methyl sites for hydroxylation is 1. The first-order chi connectivity index (χ1) is 18.3. The summed E-state index contributed by atoms with van der Waals surface area (Å²) < 4.78 is 18.8. The van der Waals surface area contributed by atoms with Gasteiger partial charge in [0.15, 0.2) is 17.2 Å². The average molecular weight is 523 g/mol. The summed E-state index contributed by atoms with van der Waals surface area (Å²) in [7, 11) is 3.15. The molecule has 1 heterocycles. The number of unbranched alkanes of at least 4 members (excludes halogenated alkanes) is 1. The van der Waals surface area contributed by atoms with Crippen molar-refractivity contribution in [1.29, 1.82) is 0 Å². The fourth-order valence-electron chi connectivity index (χ4n) is 4.10. The fraction of sp³-hybridized carbons (Fsp3) is 0.400. The molecule has 1 amide bonds. The number of hydrogen-bond donors (Lipinski definition) is 2. The lowest BCUT2D eigenvalue weighted by Crippen LogP contribution is -2.23. The first kappa shape index (κ1) is 28.6. The topological polar surface area (TPSA) is 99.0 Å². The van der Waals surface area contributed by atoms with Crippen molar-refractivity contribution < 1.29 is 24.1 Å². The molecule has 0 aliphatic rings. The molecule has 38 heavy (non-hydrogen) atoms. The first-order valence-corrected chi connectivity index (χ1v) is 13.1. The third kappa shape index (κ3) is 7.09. The molecular formula is C30H38N2O6. The number of nitrogens with zero attached hydrogens (tertiary/aromatic N) is 1. The molecular weight excluding hydrogens is 484 g/mol. The summed E-state index contributed by atoms with van der Waals surface area (Å²) in [5, 5.41) is 13.3. The van der Waals surface area contributed by atoms with Crippen LogP contribution in [-0.4, -0.2) is 35.9 Å². The minimum Gasteiger partial charge on any atom is -0.504 e. The summed E-state index contributed by atoms with van der Waals surface area (Å²) in [6, 6.07) is 10.2. The van der Waals surface area contributed by atoms with E-state index in [-0.39, 0.29) is 23.0 Å². The van der Waals surface area contributed by atoms with Gasteiger partial charge in [-0.15, -0.1) is 0 Å². The Morgan fingerprint density at radius 2 is 1.89 bits per heavy atom. The van der Waals surface area contributed by atoms with Crippen molar-refractivity contribution in [1.82, 2.24) is 4.57 Å². The Hall–Kier alpha value is -3.94. The third-order valence-corrected chi connectivity index (χ3v) is 6.25. The van der Waals surface area contributed by atoms with Crippen LogP contribution in [-0.2, 0) is 11.8 Å². The van der Waals surface area contributed by atoms with Gasteiger partial charge in [0, 0.05) is 24.2 Å². The van der Waals surface area contributed by atoms with E-state index < -0.39 is 0 Å². The number of phenolic OH excluding ortho intramolecular Hbond substituents is 1. The zero-order valence-corrected chi connectivity index (χ0v) is 22.9. The highest BCUT2D eigenvalue weighted by atomic mass is 16.5. The van der Waals surface area contributed by atoms with E-state index in [0.717, 1.165) is 31.1 Å². The number of pyridine rings is 1. The minimum atomic E-state index is -0.342. The van der Waals surface area contributed by atoms with Crippen molar-refractivity contribution in [3.8, 4) is 23.0 Å². The number of methoxy groups -OCH3 is 1. The van der Waals surface area contributed by atoms with Gasteiger partial charge in [0.1, 0.15) is 0 Å². The lowest BCUT2D eigenvalue weighted by molar-refractivity contribution is -0.111. The van der Waals surface area contributed by atoms with Gasteiger partial charge in [0.25, 0.3) is 5.56 Å². The summed E-state index contributed by atoms with van der Waals surface area (Å²) in [6.07, 6.45) is 6.90. The minimum absolute atomic E-state index is 0.0259. The Morgan fingerprint density at radius 3 is 2.61 bits per heavy atom. The largest absolute Gasteiger partial charge is 0.504 e. The molecule has 3 aromatic rings. The number of carbonyl (C=O) groups excluding carboxylic acids is 1. The van der Waals surface area contributed by atoms with Gasteiger partial charge >= 0.3 is 0 Å². The van der Waals surface area contributed by atoms with Gasteiger partial charge in [-0.3, -0.25) is 9.59 Å². The lowest BCUT2D eigenvalue weighted by Gasteiger charge is -2.19. The maximum atomic E-state index is 13.3. The average Bonchev–Trinajstić information content (AvgIpc) is 2.90. The van der Waals surface area contributed by atoms with Crippen LogP contribution in [0.3, 0.4) is 0 Å². The Morgan fingerprint density at radius 1 is 1.11 bits per heavy atom. The van der Waals surface area contributed by atoms with E-state index in [1.807, 2.05) is 6.07 Å². The maximum absolute atomic E-state index is 13.3. The highest BCUT2D eigenvalue weighted by molar-refractivity contribution is 6.03. The summed E-state index contributed by atoms with van der Waals surface area (Å²) in [5.74, 6) is 0.992. The molecule has 1 unspecified atom stereocenters. The summed E-state index contributed by atoms with van der Waals surface area (Å²) in [6.45, 7) is 7.23. The molecule has 1 atom stereocenters. The molecule has 0 saturated carbocycles. The van der Waals surface area contributed by atoms with E-state index in [2.05, 4.69) is 26.1 Å². The van der Waals surface area contributed by atoms with E-state index in [1.165, 1.54) is 23.8 Å². The number of nitrogens with one attached hydrogen (secondary N) is 1. The molecule has 0 spiro atoms. The predicted octanol–water partition coefficient (Wildman–Crippen LogP) is 5.90. The van der Waals surface area contributed by atoms with Gasteiger partial charge in [-0.25, -0.2) is 0 Å². The predicted molar refractivity (Wildman–Crippen MR) is 151 cm³/mol. The quantitative estimate of drug-likeness (QED) is 0.214. The SMILES string of the molecule is CCCCOc1c(OCC(C)CCC)c(=O)n(C)c2cc(NC(=O)/C=C/c3ccc(O)c(OC)c3)ccc12. The van der Waals surface area contributed by atoms with Crippen LogP contribution < -0.4 is 25.1 Å². The molecule has 0 fully saturated rings. The second-order valence-corrected chi connectivity index (χ2v) is 9.42. The zero-order valence-electron chi connectivity index (χ0n) is 22.9. The fourth-order valence-corrected chi connectivity index (χ4v) is 4.10. The molecule has 8 heteroatoms. The van der Waals surface area contributed by atoms with E-state index in [0.29, 0.717) is 47.4 Å². The van der Waals surface area contributed by atoms with Gasteiger partial charge in [-0.1, -0.05) is 39.7 Å². The molecule has 204 valence electrons. The standard InChI is InChI=1S/C30H38N2O6/c1-6-8-16-37-28-23-13-12-22(31-27(34)15-11-21-10-14-25(33)26(17-21)36-5)18-24(23)32(4)30(35)29(28)38-19-20(3)9-7-2/h10-15,17-18,20,33H,6-9,16,19H2,1-5H3,(H,31,34)/b15-11+. The van der Waals surface area contributed by atoms with Gasteiger partial charge in [0.2, 0.25) is 11.7 Å². The highest BCUT2D eigenvalue weighted by Crippen LogP contribution is 2.34. The van der Waals surface area contributed by atoms with Crippen molar-refractivity contribution >= 4 is 28.6 Å². The van der Waals surface area contributed by atoms with Crippen LogP contribution in [0.25, 0.3) is 17.0 Å². The van der Waals surface area contributed by atoms with Gasteiger partial charge in [-0.05, 0) is 60.7 Å². The highest BCUT2D eigenvalue weighted by Gasteiger charge is 2.20. The number of fused-ring (bicyclic) bond motifs is 1. The normalized spacial score (nSPS) is 12.0. The van der Waals surface area contributed by atoms with Crippen LogP contribution in [0.5, 0.6) is 23.0 Å². The van der Waals surface area contributed by atoms with Crippen LogP contribution >= 0.6 is 0 Å². The number of aromatic hydroxyl groups is 1. The monoisotopic (exact) mass is 522 g/mol. The van der Waals surface area contributed by atoms with E-state index >= 15 is 0 Å². The molecule has 2 N–H and O–H groups in total. The van der Waals surface area contributed by atoms with Crippen molar-refractivity contribution in [3.63, 3.8) is 0 Å². The maximum Gasteiger partial charge on any atom is 0.297 e. The molecule has 0 aliphatic heterocycles. The molecule has 8 nitrogen and oxygen atoms in total. The Balaban J connectivity index is 1.89. The van der Waals surface area contributed by atoms with Crippen LogP contribution in [0.15, 0.2) is 47.3 Å². The van der Waals surface area contributed by atoms with Crippen LogP contribution in [0, 0.1) is 5.92 Å². The molecule has 3 rings (SSSR count). The van der Waals surface area contributed by atoms with E-state index in [4.69, 9.17) is 14.2 Å². The molecule has 0 saturated heterocycles. The third-order valence-electron chi connectivity index (χ3n) is 6.25. The van der Waals surface area contributed by atoms with Crippen molar-refractivity contribution in [2.75, 3.05) is 25.6 Å². The smallest absolute Gasteiger partial charge is 0.297 e. The second kappa shape index (κ2) is 13.6. The van der Waals surface area contributed by atoms with E-state index in [1.54, 1.807) is 37.4 Å². The zero-order chi connectivity index (χ0) is 27.7. The van der Waals surface area contributed by atoms with E-state index in [9.17, 15) is 14.7 Å². The number of ether oxygens (including phenoxy) is 3. The molecule has 2 aromatic carbocycles. The van der Waals surface area contributed by atoms with Crippen LogP contribution in [0.1, 0.15) is 52.0 Å². The van der Waals surface area contributed by atoms with Crippen molar-refractivity contribution in [2.45, 2.75) is 46.5 Å². The number of hydrogen-bond acceptors (Lipinski definition) is 6. The number of carbonyl (C=O) groups is 1. The van der Waals surface area contributed by atoms with Crippen LogP contribution in [0.4, 0.5) is 5.69 Å². The number of anilines is 1. The Labute approximate surface area is 223 Å². The molecule has 1 aromatic heterocycles. The van der Waals surface area contributed by atoms with Crippen molar-refractivity contribution in [3.05, 3.63) is 58.4 Å². The number of aromatic nitrogens is 1. The second-order valence-electron chi connectivity index (χ2n) is 9.42. The summed E-state index contributed by atoms with van der Waals surface area (Å²) in [5.41, 5.74) is 1.58. The number of phenols is 1. The van der Waals surface area contributed by atoms with Gasteiger partial charge in [-0.2, -0.15) is 0 Å². The molecule has 0 radical (unpaired) electrons. The first-order valence-electron chi connectivity index (χ1n) is 13.1. The number of rotatable bonds is 13. The lowest BCUT2D eigenvalue weighted by atomic mass is 10.1. The summed E-state index contributed by atoms with van der Waals surface area (Å²) >= 11 is 0. The Kier molecular flexibility index (Phi) is 10.2. The Bertz CT molecular complexity index is 1340. The molecule has 0 aliphatic carbocycles. The van der Waals surface area contributed by atoms with Crippen molar-refractivity contribution in [2.24, 2.45) is 13.0 Å². The number of benzene rings is 2. The van der Waals surface area contributed by atoms with Crippen LogP contribution in [0.2, 0.25) is 0 Å². The van der Waals surface area contributed by atoms with Gasteiger partial charge < -0.3 is 29.2 Å². The summed E-state index contributed by atoms with van der Waals surface area (Å²) in [4.78, 5) is 25.9. The number of amides is 1. The van der Waals surface area contributed by atoms with Gasteiger partial charge in [0.05, 0.1) is 25.8 Å².